The van der Waals surface area contributed by atoms with Crippen molar-refractivity contribution in [1.29, 1.82) is 0 Å². The molecule has 1 aromatic carbocycles. The molecule has 140 valence electrons. The third-order valence-electron chi connectivity index (χ3n) is 4.49. The fraction of sp³-hybridized carbons (Fsp3) is 0.421. The SMILES string of the molecule is COc1ccc(CN2CCN(CC(=O)NCc3cccs3)CC2)cc1F. The summed E-state index contributed by atoms with van der Waals surface area (Å²) < 4.78 is 18.7. The number of halogens is 1. The van der Waals surface area contributed by atoms with Gasteiger partial charge in [0.15, 0.2) is 11.6 Å². The molecule has 0 atom stereocenters. The molecule has 1 fully saturated rings. The number of methoxy groups -OCH3 is 1. The molecule has 5 nitrogen and oxygen atoms in total. The minimum Gasteiger partial charge on any atom is -0.494 e. The van der Waals surface area contributed by atoms with Crippen LogP contribution in [0.2, 0.25) is 0 Å². The molecular formula is C19H24FN3O2S. The average Bonchev–Trinajstić information content (AvgIpc) is 3.15. The van der Waals surface area contributed by atoms with E-state index >= 15 is 0 Å². The first kappa shape index (κ1) is 18.8. The van der Waals surface area contributed by atoms with Crippen molar-refractivity contribution in [2.75, 3.05) is 39.8 Å². The van der Waals surface area contributed by atoms with Gasteiger partial charge in [-0.15, -0.1) is 11.3 Å². The second kappa shape index (κ2) is 9.12. The van der Waals surface area contributed by atoms with E-state index < -0.39 is 0 Å². The highest BCUT2D eigenvalue weighted by Crippen LogP contribution is 2.19. The van der Waals surface area contributed by atoms with E-state index in [1.54, 1.807) is 17.4 Å². The maximum atomic E-state index is 13.8. The van der Waals surface area contributed by atoms with Crippen molar-refractivity contribution in [3.63, 3.8) is 0 Å². The number of carbonyl (C=O) groups is 1. The van der Waals surface area contributed by atoms with E-state index in [2.05, 4.69) is 15.1 Å². The monoisotopic (exact) mass is 377 g/mol. The molecule has 1 aromatic heterocycles. The van der Waals surface area contributed by atoms with Crippen LogP contribution in [0, 0.1) is 5.82 Å². The number of piperazine rings is 1. The third kappa shape index (κ3) is 5.27. The fourth-order valence-electron chi connectivity index (χ4n) is 3.03. The van der Waals surface area contributed by atoms with E-state index in [4.69, 9.17) is 4.74 Å². The van der Waals surface area contributed by atoms with Crippen LogP contribution < -0.4 is 10.1 Å². The second-order valence-corrected chi connectivity index (χ2v) is 7.41. The lowest BCUT2D eigenvalue weighted by Gasteiger charge is -2.34. The van der Waals surface area contributed by atoms with Crippen LogP contribution in [-0.2, 0) is 17.9 Å². The van der Waals surface area contributed by atoms with Gasteiger partial charge in [-0.05, 0) is 29.1 Å². The summed E-state index contributed by atoms with van der Waals surface area (Å²) in [7, 11) is 1.47. The Morgan fingerprint density at radius 3 is 2.65 bits per heavy atom. The van der Waals surface area contributed by atoms with Crippen LogP contribution in [0.4, 0.5) is 4.39 Å². The van der Waals surface area contributed by atoms with Crippen LogP contribution in [-0.4, -0.2) is 55.5 Å². The predicted molar refractivity (Wildman–Crippen MR) is 101 cm³/mol. The van der Waals surface area contributed by atoms with Gasteiger partial charge in [0.2, 0.25) is 5.91 Å². The standard InChI is InChI=1S/C19H24FN3O2S/c1-25-18-5-4-15(11-17(18)20)13-22-6-8-23(9-7-22)14-19(24)21-12-16-3-2-10-26-16/h2-5,10-11H,6-9,12-14H2,1H3,(H,21,24). The molecule has 1 aliphatic rings. The van der Waals surface area contributed by atoms with Crippen LogP contribution >= 0.6 is 11.3 Å². The molecule has 7 heteroatoms. The van der Waals surface area contributed by atoms with E-state index in [-0.39, 0.29) is 17.5 Å². The molecule has 1 N–H and O–H groups in total. The molecule has 1 aliphatic heterocycles. The van der Waals surface area contributed by atoms with Crippen molar-refractivity contribution in [3.05, 3.63) is 52.0 Å². The summed E-state index contributed by atoms with van der Waals surface area (Å²) in [6, 6.07) is 9.10. The Labute approximate surface area is 157 Å². The van der Waals surface area contributed by atoms with Gasteiger partial charge in [0.25, 0.3) is 0 Å². The van der Waals surface area contributed by atoms with Gasteiger partial charge in [-0.2, -0.15) is 0 Å². The molecule has 2 aromatic rings. The lowest BCUT2D eigenvalue weighted by Crippen LogP contribution is -2.49. The van der Waals surface area contributed by atoms with Crippen LogP contribution in [0.5, 0.6) is 5.75 Å². The highest BCUT2D eigenvalue weighted by atomic mass is 32.1. The third-order valence-corrected chi connectivity index (χ3v) is 5.37. The number of carbonyl (C=O) groups excluding carboxylic acids is 1. The topological polar surface area (TPSA) is 44.8 Å². The molecule has 0 unspecified atom stereocenters. The van der Waals surface area contributed by atoms with Crippen LogP contribution in [0.25, 0.3) is 0 Å². The Bertz CT molecular complexity index is 716. The number of hydrogen-bond acceptors (Lipinski definition) is 5. The van der Waals surface area contributed by atoms with Gasteiger partial charge in [-0.25, -0.2) is 4.39 Å². The van der Waals surface area contributed by atoms with E-state index in [1.165, 1.54) is 13.2 Å². The number of thiophene rings is 1. The molecule has 0 radical (unpaired) electrons. The molecule has 0 bridgehead atoms. The normalized spacial score (nSPS) is 15.8. The lowest BCUT2D eigenvalue weighted by molar-refractivity contribution is -0.122. The van der Waals surface area contributed by atoms with Gasteiger partial charge in [-0.1, -0.05) is 12.1 Å². The van der Waals surface area contributed by atoms with E-state index in [0.29, 0.717) is 19.6 Å². The zero-order chi connectivity index (χ0) is 18.4. The van der Waals surface area contributed by atoms with Crippen molar-refractivity contribution in [2.24, 2.45) is 0 Å². The number of nitrogens with one attached hydrogen (secondary N) is 1. The molecule has 26 heavy (non-hydrogen) atoms. The fourth-order valence-corrected chi connectivity index (χ4v) is 3.67. The van der Waals surface area contributed by atoms with Gasteiger partial charge in [0, 0.05) is 37.6 Å². The lowest BCUT2D eigenvalue weighted by atomic mass is 10.2. The summed E-state index contributed by atoms with van der Waals surface area (Å²) in [6.07, 6.45) is 0. The van der Waals surface area contributed by atoms with Crippen molar-refractivity contribution >= 4 is 17.2 Å². The predicted octanol–water partition coefficient (Wildman–Crippen LogP) is 2.33. The molecule has 3 rings (SSSR count). The first-order chi connectivity index (χ1) is 12.6. The van der Waals surface area contributed by atoms with Crippen LogP contribution in [0.3, 0.4) is 0 Å². The molecule has 0 spiro atoms. The zero-order valence-electron chi connectivity index (χ0n) is 14.9. The number of benzene rings is 1. The number of hydrogen-bond donors (Lipinski definition) is 1. The first-order valence-electron chi connectivity index (χ1n) is 8.70. The number of ether oxygens (including phenoxy) is 1. The highest BCUT2D eigenvalue weighted by Gasteiger charge is 2.19. The summed E-state index contributed by atoms with van der Waals surface area (Å²) >= 11 is 1.65. The summed E-state index contributed by atoms with van der Waals surface area (Å²) in [5.74, 6) is 0.00209. The minimum absolute atomic E-state index is 0.0593. The van der Waals surface area contributed by atoms with Crippen molar-refractivity contribution in [2.45, 2.75) is 13.1 Å². The summed E-state index contributed by atoms with van der Waals surface area (Å²) in [5, 5.41) is 4.97. The Kier molecular flexibility index (Phi) is 6.60. The largest absolute Gasteiger partial charge is 0.494 e. The summed E-state index contributed by atoms with van der Waals surface area (Å²) in [4.78, 5) is 17.7. The first-order valence-corrected chi connectivity index (χ1v) is 9.58. The Hall–Kier alpha value is -1.96. The molecule has 1 amide bonds. The zero-order valence-corrected chi connectivity index (χ0v) is 15.7. The molecule has 1 saturated heterocycles. The summed E-state index contributed by atoms with van der Waals surface area (Å²) in [5.41, 5.74) is 0.936. The van der Waals surface area contributed by atoms with Gasteiger partial charge < -0.3 is 10.1 Å². The molecule has 0 saturated carbocycles. The molecular weight excluding hydrogens is 353 g/mol. The smallest absolute Gasteiger partial charge is 0.234 e. The number of rotatable bonds is 7. The van der Waals surface area contributed by atoms with Crippen LogP contribution in [0.15, 0.2) is 35.7 Å². The van der Waals surface area contributed by atoms with Crippen molar-refractivity contribution in [3.8, 4) is 5.75 Å². The maximum absolute atomic E-state index is 13.8. The van der Waals surface area contributed by atoms with E-state index in [0.717, 1.165) is 36.6 Å². The molecule has 0 aliphatic carbocycles. The average molecular weight is 377 g/mol. The van der Waals surface area contributed by atoms with Crippen molar-refractivity contribution < 1.29 is 13.9 Å². The number of nitrogens with zero attached hydrogens (tertiary/aromatic N) is 2. The Balaban J connectivity index is 1.39. The summed E-state index contributed by atoms with van der Waals surface area (Å²) in [6.45, 7) is 5.14. The van der Waals surface area contributed by atoms with Crippen LogP contribution in [0.1, 0.15) is 10.4 Å². The van der Waals surface area contributed by atoms with Gasteiger partial charge in [-0.3, -0.25) is 14.6 Å². The molecule has 2 heterocycles. The second-order valence-electron chi connectivity index (χ2n) is 6.38. The highest BCUT2D eigenvalue weighted by molar-refractivity contribution is 7.09. The van der Waals surface area contributed by atoms with Crippen molar-refractivity contribution in [1.82, 2.24) is 15.1 Å². The van der Waals surface area contributed by atoms with Gasteiger partial charge in [0.1, 0.15) is 0 Å². The quantitative estimate of drug-likeness (QED) is 0.804. The maximum Gasteiger partial charge on any atom is 0.234 e. The number of amides is 1. The Morgan fingerprint density at radius 2 is 2.00 bits per heavy atom. The van der Waals surface area contributed by atoms with Gasteiger partial charge >= 0.3 is 0 Å². The van der Waals surface area contributed by atoms with Gasteiger partial charge in [0.05, 0.1) is 20.2 Å². The minimum atomic E-state index is -0.328. The van der Waals surface area contributed by atoms with E-state index in [9.17, 15) is 9.18 Å². The van der Waals surface area contributed by atoms with E-state index in [1.807, 2.05) is 23.6 Å². The Morgan fingerprint density at radius 1 is 1.23 bits per heavy atom.